The fraction of sp³-hybridized carbons (Fsp3) is 0.412. The van der Waals surface area contributed by atoms with E-state index in [1.165, 1.54) is 0 Å². The molecule has 0 unspecified atom stereocenters. The zero-order chi connectivity index (χ0) is 15.9. The van der Waals surface area contributed by atoms with Gasteiger partial charge in [0.25, 0.3) is 0 Å². The van der Waals surface area contributed by atoms with Gasteiger partial charge in [0.1, 0.15) is 5.69 Å². The van der Waals surface area contributed by atoms with E-state index in [1.54, 1.807) is 12.5 Å². The largest absolute Gasteiger partial charge is 0.346 e. The summed E-state index contributed by atoms with van der Waals surface area (Å²) in [4.78, 5) is 16.8. The summed E-state index contributed by atoms with van der Waals surface area (Å²) < 4.78 is 12.6. The molecule has 5 heteroatoms. The molecule has 1 aromatic heterocycles. The van der Waals surface area contributed by atoms with Crippen LogP contribution >= 0.6 is 0 Å². The first-order valence-electron chi connectivity index (χ1n) is 7.53. The number of hydrogen-bond acceptors (Lipinski definition) is 4. The van der Waals surface area contributed by atoms with E-state index in [2.05, 4.69) is 4.98 Å². The minimum atomic E-state index is -0.881. The van der Waals surface area contributed by atoms with Crippen molar-refractivity contribution in [3.05, 3.63) is 54.1 Å². The van der Waals surface area contributed by atoms with Gasteiger partial charge in [0.05, 0.1) is 18.6 Å². The van der Waals surface area contributed by atoms with Crippen molar-refractivity contribution in [3.8, 4) is 0 Å². The Morgan fingerprint density at radius 1 is 1.18 bits per heavy atom. The molecule has 0 saturated heterocycles. The summed E-state index contributed by atoms with van der Waals surface area (Å²) in [6.07, 6.45) is 2.35. The summed E-state index contributed by atoms with van der Waals surface area (Å²) in [6, 6.07) is 9.99. The molecule has 1 aromatic carbocycles. The Kier molecular flexibility index (Phi) is 5.86. The molecule has 0 radical (unpaired) electrons. The van der Waals surface area contributed by atoms with Crippen LogP contribution in [0.1, 0.15) is 42.9 Å². The number of carbonyl (C=O) groups is 1. The highest BCUT2D eigenvalue weighted by Gasteiger charge is 2.25. The van der Waals surface area contributed by atoms with Crippen molar-refractivity contribution in [3.63, 3.8) is 0 Å². The van der Waals surface area contributed by atoms with Crippen LogP contribution in [0.2, 0.25) is 0 Å². The van der Waals surface area contributed by atoms with Gasteiger partial charge >= 0.3 is 0 Å². The minimum absolute atomic E-state index is 0.00607. The van der Waals surface area contributed by atoms with Gasteiger partial charge in [-0.2, -0.15) is 0 Å². The Hall–Kier alpha value is -1.98. The Morgan fingerprint density at radius 2 is 1.82 bits per heavy atom. The van der Waals surface area contributed by atoms with E-state index in [0.717, 1.165) is 5.56 Å². The first kappa shape index (κ1) is 16.4. The maximum Gasteiger partial charge on any atom is 0.236 e. The average Bonchev–Trinajstić information content (AvgIpc) is 3.03. The Labute approximate surface area is 130 Å². The lowest BCUT2D eigenvalue weighted by Gasteiger charge is -2.20. The van der Waals surface area contributed by atoms with Crippen LogP contribution in [0.25, 0.3) is 0 Å². The van der Waals surface area contributed by atoms with Crippen LogP contribution in [0, 0.1) is 0 Å². The second-order valence-electron chi connectivity index (χ2n) is 4.88. The van der Waals surface area contributed by atoms with Gasteiger partial charge in [-0.05, 0) is 26.3 Å². The quantitative estimate of drug-likeness (QED) is 0.555. The predicted molar refractivity (Wildman–Crippen MR) is 83.9 cm³/mol. The van der Waals surface area contributed by atoms with Gasteiger partial charge in [-0.3, -0.25) is 4.79 Å². The zero-order valence-corrected chi connectivity index (χ0v) is 13.2. The summed E-state index contributed by atoms with van der Waals surface area (Å²) in [5, 5.41) is 0. The van der Waals surface area contributed by atoms with Crippen molar-refractivity contribution in [2.75, 3.05) is 13.2 Å². The van der Waals surface area contributed by atoms with Gasteiger partial charge in [-0.25, -0.2) is 4.98 Å². The fourth-order valence-corrected chi connectivity index (χ4v) is 2.32. The minimum Gasteiger partial charge on any atom is -0.346 e. The number of imidazole rings is 1. The normalized spacial score (nSPS) is 12.5. The smallest absolute Gasteiger partial charge is 0.236 e. The molecule has 22 heavy (non-hydrogen) atoms. The third kappa shape index (κ3) is 3.61. The highest BCUT2D eigenvalue weighted by atomic mass is 16.7. The number of aromatic nitrogens is 2. The Morgan fingerprint density at radius 3 is 2.41 bits per heavy atom. The van der Waals surface area contributed by atoms with Gasteiger partial charge in [-0.15, -0.1) is 0 Å². The number of ether oxygens (including phenoxy) is 2. The summed E-state index contributed by atoms with van der Waals surface area (Å²) in [5.41, 5.74) is 1.60. The molecule has 0 fully saturated rings. The number of Topliss-reactive ketones (excluding diaryl/α,β-unsaturated/α-hetero) is 1. The molecular weight excluding hydrogens is 280 g/mol. The summed E-state index contributed by atoms with van der Waals surface area (Å²) in [5.74, 6) is -0.205. The van der Waals surface area contributed by atoms with Gasteiger partial charge in [0, 0.05) is 13.2 Å². The van der Waals surface area contributed by atoms with Gasteiger partial charge in [-0.1, -0.05) is 30.3 Å². The van der Waals surface area contributed by atoms with Crippen LogP contribution in [0.15, 0.2) is 42.9 Å². The van der Waals surface area contributed by atoms with Crippen molar-refractivity contribution in [2.24, 2.45) is 0 Å². The monoisotopic (exact) mass is 302 g/mol. The molecule has 0 aliphatic heterocycles. The SMILES string of the molecule is CCOC(OCC)C(=O)c1cncn1[C@H](C)c1ccccc1. The Bertz CT molecular complexity index is 589. The molecule has 0 bridgehead atoms. The zero-order valence-electron chi connectivity index (χ0n) is 13.2. The lowest BCUT2D eigenvalue weighted by Crippen LogP contribution is -2.30. The molecule has 1 atom stereocenters. The highest BCUT2D eigenvalue weighted by Crippen LogP contribution is 2.20. The highest BCUT2D eigenvalue weighted by molar-refractivity contribution is 5.97. The van der Waals surface area contributed by atoms with E-state index in [-0.39, 0.29) is 11.8 Å². The van der Waals surface area contributed by atoms with E-state index in [0.29, 0.717) is 18.9 Å². The third-order valence-corrected chi connectivity index (χ3v) is 3.47. The van der Waals surface area contributed by atoms with E-state index < -0.39 is 6.29 Å². The van der Waals surface area contributed by atoms with Gasteiger partial charge < -0.3 is 14.0 Å². The van der Waals surface area contributed by atoms with Gasteiger partial charge in [0.2, 0.25) is 12.1 Å². The van der Waals surface area contributed by atoms with E-state index in [9.17, 15) is 4.79 Å². The number of carbonyl (C=O) groups excluding carboxylic acids is 1. The molecule has 2 aromatic rings. The fourth-order valence-electron chi connectivity index (χ4n) is 2.32. The molecule has 2 rings (SSSR count). The van der Waals surface area contributed by atoms with Crippen LogP contribution in [0.5, 0.6) is 0 Å². The average molecular weight is 302 g/mol. The first-order chi connectivity index (χ1) is 10.7. The molecule has 0 aliphatic rings. The summed E-state index contributed by atoms with van der Waals surface area (Å²) >= 11 is 0. The molecule has 1 heterocycles. The number of nitrogens with zero attached hydrogens (tertiary/aromatic N) is 2. The lowest BCUT2D eigenvalue weighted by molar-refractivity contribution is -0.107. The molecule has 0 spiro atoms. The van der Waals surface area contributed by atoms with Crippen molar-refractivity contribution in [2.45, 2.75) is 33.1 Å². The van der Waals surface area contributed by atoms with Crippen LogP contribution < -0.4 is 0 Å². The second kappa shape index (κ2) is 7.87. The maximum absolute atomic E-state index is 12.6. The van der Waals surface area contributed by atoms with E-state index in [4.69, 9.17) is 9.47 Å². The van der Waals surface area contributed by atoms with E-state index in [1.807, 2.05) is 55.7 Å². The van der Waals surface area contributed by atoms with Crippen LogP contribution in [-0.4, -0.2) is 34.8 Å². The predicted octanol–water partition coefficient (Wildman–Crippen LogP) is 3.07. The number of ketones is 1. The second-order valence-corrected chi connectivity index (χ2v) is 4.88. The van der Waals surface area contributed by atoms with Crippen molar-refractivity contribution >= 4 is 5.78 Å². The van der Waals surface area contributed by atoms with Crippen molar-refractivity contribution < 1.29 is 14.3 Å². The number of rotatable bonds is 8. The van der Waals surface area contributed by atoms with Crippen LogP contribution in [0.4, 0.5) is 0 Å². The van der Waals surface area contributed by atoms with Crippen LogP contribution in [0.3, 0.4) is 0 Å². The maximum atomic E-state index is 12.6. The molecule has 0 aliphatic carbocycles. The number of hydrogen-bond donors (Lipinski definition) is 0. The van der Waals surface area contributed by atoms with Crippen molar-refractivity contribution in [1.29, 1.82) is 0 Å². The van der Waals surface area contributed by atoms with Gasteiger partial charge in [0.15, 0.2) is 0 Å². The third-order valence-electron chi connectivity index (χ3n) is 3.47. The topological polar surface area (TPSA) is 53.4 Å². The van der Waals surface area contributed by atoms with Crippen LogP contribution in [-0.2, 0) is 9.47 Å². The first-order valence-corrected chi connectivity index (χ1v) is 7.53. The standard InChI is InChI=1S/C17H22N2O3/c1-4-21-17(22-5-2)16(20)15-11-18-12-19(15)13(3)14-9-7-6-8-10-14/h6-13,17H,4-5H2,1-3H3/t13-/m1/s1. The van der Waals surface area contributed by atoms with Crippen molar-refractivity contribution in [1.82, 2.24) is 9.55 Å². The number of benzene rings is 1. The molecule has 5 nitrogen and oxygen atoms in total. The summed E-state index contributed by atoms with van der Waals surface area (Å²) in [6.45, 7) is 6.54. The molecule has 118 valence electrons. The lowest BCUT2D eigenvalue weighted by atomic mass is 10.1. The Balaban J connectivity index is 2.26. The molecule has 0 N–H and O–H groups in total. The molecular formula is C17H22N2O3. The van der Waals surface area contributed by atoms with E-state index >= 15 is 0 Å². The molecule has 0 amide bonds. The summed E-state index contributed by atoms with van der Waals surface area (Å²) in [7, 11) is 0. The molecule has 0 saturated carbocycles.